The van der Waals surface area contributed by atoms with Crippen molar-refractivity contribution in [3.05, 3.63) is 60.2 Å². The highest BCUT2D eigenvalue weighted by molar-refractivity contribution is 7.92. The highest BCUT2D eigenvalue weighted by Gasteiger charge is 2.27. The summed E-state index contributed by atoms with van der Waals surface area (Å²) in [6, 6.07) is 14.5. The summed E-state index contributed by atoms with van der Waals surface area (Å²) in [5.74, 6) is -0.475. The highest BCUT2D eigenvalue weighted by atomic mass is 32.2. The number of hydrogen-bond acceptors (Lipinski definition) is 6. The van der Waals surface area contributed by atoms with Crippen molar-refractivity contribution in [1.82, 2.24) is 9.62 Å². The van der Waals surface area contributed by atoms with Crippen LogP contribution < -0.4 is 9.62 Å². The maximum atomic E-state index is 12.8. The van der Waals surface area contributed by atoms with Crippen LogP contribution in [0.25, 0.3) is 0 Å². The molecule has 1 amide bonds. The molecule has 1 N–H and O–H groups in total. The molecule has 1 saturated heterocycles. The molecule has 1 heterocycles. The van der Waals surface area contributed by atoms with Crippen molar-refractivity contribution in [2.75, 3.05) is 43.4 Å². The first kappa shape index (κ1) is 24.2. The second-order valence-electron chi connectivity index (χ2n) is 7.48. The Morgan fingerprint density at radius 3 is 2.19 bits per heavy atom. The molecule has 1 fully saturated rings. The van der Waals surface area contributed by atoms with Gasteiger partial charge < -0.3 is 10.1 Å². The van der Waals surface area contributed by atoms with Crippen LogP contribution in [0.5, 0.6) is 0 Å². The van der Waals surface area contributed by atoms with Crippen LogP contribution in [0.2, 0.25) is 0 Å². The van der Waals surface area contributed by atoms with Gasteiger partial charge in [-0.05, 0) is 36.8 Å². The number of carbonyl (C=O) groups is 1. The molecule has 0 radical (unpaired) electrons. The Morgan fingerprint density at radius 1 is 1.03 bits per heavy atom. The Kier molecular flexibility index (Phi) is 7.55. The molecule has 0 saturated carbocycles. The van der Waals surface area contributed by atoms with Crippen molar-refractivity contribution in [3.63, 3.8) is 0 Å². The SMILES string of the molecule is CC(NC(=O)CN(c1ccc(S(=O)(=O)N2CCOCC2)cc1)S(C)(=O)=O)c1ccccc1. The number of rotatable bonds is 8. The van der Waals surface area contributed by atoms with Gasteiger partial charge in [0.15, 0.2) is 0 Å². The molecule has 0 aromatic heterocycles. The zero-order valence-electron chi connectivity index (χ0n) is 18.0. The van der Waals surface area contributed by atoms with E-state index in [1.165, 1.54) is 28.6 Å². The van der Waals surface area contributed by atoms with E-state index in [0.717, 1.165) is 16.1 Å². The van der Waals surface area contributed by atoms with E-state index in [0.29, 0.717) is 13.2 Å². The van der Waals surface area contributed by atoms with Gasteiger partial charge in [-0.2, -0.15) is 4.31 Å². The third kappa shape index (κ3) is 5.85. The van der Waals surface area contributed by atoms with Gasteiger partial charge in [0.25, 0.3) is 0 Å². The maximum absolute atomic E-state index is 12.8. The number of amides is 1. The van der Waals surface area contributed by atoms with Gasteiger partial charge in [-0.25, -0.2) is 16.8 Å². The van der Waals surface area contributed by atoms with E-state index in [1.54, 1.807) is 0 Å². The Hall–Kier alpha value is -2.47. The molecular weight excluding hydrogens is 454 g/mol. The molecule has 1 aliphatic heterocycles. The Labute approximate surface area is 189 Å². The van der Waals surface area contributed by atoms with Gasteiger partial charge in [-0.1, -0.05) is 30.3 Å². The van der Waals surface area contributed by atoms with Gasteiger partial charge in [0.2, 0.25) is 26.0 Å². The predicted octanol–water partition coefficient (Wildman–Crippen LogP) is 1.35. The van der Waals surface area contributed by atoms with E-state index in [4.69, 9.17) is 4.74 Å². The molecule has 174 valence electrons. The number of hydrogen-bond donors (Lipinski definition) is 1. The van der Waals surface area contributed by atoms with Crippen LogP contribution in [0.4, 0.5) is 5.69 Å². The van der Waals surface area contributed by atoms with Gasteiger partial charge in [0, 0.05) is 13.1 Å². The van der Waals surface area contributed by atoms with Crippen LogP contribution in [-0.4, -0.2) is 66.2 Å². The lowest BCUT2D eigenvalue weighted by atomic mass is 10.1. The first-order valence-electron chi connectivity index (χ1n) is 10.1. The summed E-state index contributed by atoms with van der Waals surface area (Å²) >= 11 is 0. The van der Waals surface area contributed by atoms with E-state index in [-0.39, 0.29) is 29.7 Å². The average molecular weight is 482 g/mol. The molecule has 0 spiro atoms. The number of nitrogens with zero attached hydrogens (tertiary/aromatic N) is 2. The smallest absolute Gasteiger partial charge is 0.243 e. The first-order valence-corrected chi connectivity index (χ1v) is 13.4. The highest BCUT2D eigenvalue weighted by Crippen LogP contribution is 2.23. The molecular formula is C21H27N3O6S2. The second kappa shape index (κ2) is 9.99. The summed E-state index contributed by atoms with van der Waals surface area (Å²) < 4.78 is 57.7. The summed E-state index contributed by atoms with van der Waals surface area (Å²) in [5.41, 5.74) is 1.10. The fourth-order valence-corrected chi connectivity index (χ4v) is 5.63. The monoisotopic (exact) mass is 481 g/mol. The van der Waals surface area contributed by atoms with Gasteiger partial charge in [0.05, 0.1) is 36.1 Å². The topological polar surface area (TPSA) is 113 Å². The Bertz CT molecular complexity index is 1130. The number of carbonyl (C=O) groups excluding carboxylic acids is 1. The third-order valence-corrected chi connectivity index (χ3v) is 8.15. The van der Waals surface area contributed by atoms with E-state index in [2.05, 4.69) is 5.32 Å². The van der Waals surface area contributed by atoms with E-state index < -0.39 is 32.5 Å². The molecule has 1 unspecified atom stereocenters. The quantitative estimate of drug-likeness (QED) is 0.609. The molecule has 2 aromatic rings. The number of benzene rings is 2. The van der Waals surface area contributed by atoms with Crippen LogP contribution in [0.3, 0.4) is 0 Å². The van der Waals surface area contributed by atoms with E-state index in [9.17, 15) is 21.6 Å². The largest absolute Gasteiger partial charge is 0.379 e. The zero-order valence-corrected chi connectivity index (χ0v) is 19.6. The lowest BCUT2D eigenvalue weighted by Gasteiger charge is -2.26. The lowest BCUT2D eigenvalue weighted by molar-refractivity contribution is -0.120. The van der Waals surface area contributed by atoms with Crippen molar-refractivity contribution >= 4 is 31.6 Å². The summed E-state index contributed by atoms with van der Waals surface area (Å²) in [7, 11) is -7.49. The molecule has 1 atom stereocenters. The van der Waals surface area contributed by atoms with Gasteiger partial charge in [-0.15, -0.1) is 0 Å². The minimum absolute atomic E-state index is 0.0544. The second-order valence-corrected chi connectivity index (χ2v) is 11.3. The molecule has 3 rings (SSSR count). The lowest BCUT2D eigenvalue weighted by Crippen LogP contribution is -2.41. The minimum Gasteiger partial charge on any atom is -0.379 e. The summed E-state index contributed by atoms with van der Waals surface area (Å²) in [5, 5.41) is 2.79. The zero-order chi connectivity index (χ0) is 23.4. The minimum atomic E-state index is -3.79. The molecule has 1 aliphatic rings. The molecule has 11 heteroatoms. The van der Waals surface area contributed by atoms with Crippen LogP contribution >= 0.6 is 0 Å². The average Bonchev–Trinajstić information content (AvgIpc) is 2.78. The number of nitrogens with one attached hydrogen (secondary N) is 1. The third-order valence-electron chi connectivity index (χ3n) is 5.10. The summed E-state index contributed by atoms with van der Waals surface area (Å²) in [6.45, 7) is 2.57. The van der Waals surface area contributed by atoms with Gasteiger partial charge in [0.1, 0.15) is 6.54 Å². The van der Waals surface area contributed by atoms with E-state index >= 15 is 0 Å². The Balaban J connectivity index is 1.75. The van der Waals surface area contributed by atoms with Crippen molar-refractivity contribution in [2.45, 2.75) is 17.9 Å². The summed E-state index contributed by atoms with van der Waals surface area (Å²) in [6.07, 6.45) is 0.999. The maximum Gasteiger partial charge on any atom is 0.243 e. The van der Waals surface area contributed by atoms with Crippen LogP contribution in [-0.2, 0) is 29.6 Å². The molecule has 2 aromatic carbocycles. The first-order chi connectivity index (χ1) is 15.1. The van der Waals surface area contributed by atoms with Crippen LogP contribution in [0.15, 0.2) is 59.5 Å². The van der Waals surface area contributed by atoms with Crippen LogP contribution in [0.1, 0.15) is 18.5 Å². The number of anilines is 1. The fourth-order valence-electron chi connectivity index (χ4n) is 3.36. The van der Waals surface area contributed by atoms with Crippen molar-refractivity contribution in [2.24, 2.45) is 0 Å². The van der Waals surface area contributed by atoms with Crippen LogP contribution in [0, 0.1) is 0 Å². The van der Waals surface area contributed by atoms with Gasteiger partial charge in [-0.3, -0.25) is 9.10 Å². The molecule has 0 bridgehead atoms. The number of sulfonamides is 2. The van der Waals surface area contributed by atoms with Crippen molar-refractivity contribution < 1.29 is 26.4 Å². The Morgan fingerprint density at radius 2 is 1.62 bits per heavy atom. The normalized spacial score (nSPS) is 16.3. The fraction of sp³-hybridized carbons (Fsp3) is 0.381. The standard InChI is InChI=1S/C21H27N3O6S2/c1-17(18-6-4-3-5-7-18)22-21(25)16-24(31(2,26)27)19-8-10-20(11-9-19)32(28,29)23-12-14-30-15-13-23/h3-11,17H,12-16H2,1-2H3,(H,22,25). The number of ether oxygens (including phenoxy) is 1. The van der Waals surface area contributed by atoms with Crippen molar-refractivity contribution in [3.8, 4) is 0 Å². The van der Waals surface area contributed by atoms with E-state index in [1.807, 2.05) is 37.3 Å². The molecule has 9 nitrogen and oxygen atoms in total. The molecule has 0 aliphatic carbocycles. The predicted molar refractivity (Wildman–Crippen MR) is 121 cm³/mol. The molecule has 32 heavy (non-hydrogen) atoms. The number of morpholine rings is 1. The summed E-state index contributed by atoms with van der Waals surface area (Å²) in [4.78, 5) is 12.6. The van der Waals surface area contributed by atoms with Gasteiger partial charge >= 0.3 is 0 Å². The van der Waals surface area contributed by atoms with Crippen molar-refractivity contribution in [1.29, 1.82) is 0 Å².